The summed E-state index contributed by atoms with van der Waals surface area (Å²) in [6, 6.07) is 9.20. The number of carbonyl (C=O) groups excluding carboxylic acids is 2. The van der Waals surface area contributed by atoms with Crippen LogP contribution < -0.4 is 10.7 Å². The number of hydrazine groups is 1. The first-order valence-corrected chi connectivity index (χ1v) is 7.80. The highest BCUT2D eigenvalue weighted by Crippen LogP contribution is 2.22. The molecular weight excluding hydrogens is 280 g/mol. The Balaban J connectivity index is 1.72. The average molecular weight is 302 g/mol. The lowest BCUT2D eigenvalue weighted by Gasteiger charge is -2.36. The van der Waals surface area contributed by atoms with Gasteiger partial charge >= 0.3 is 6.03 Å². The summed E-state index contributed by atoms with van der Waals surface area (Å²) >= 11 is 0. The fourth-order valence-electron chi connectivity index (χ4n) is 3.25. The minimum Gasteiger partial charge on any atom is -0.331 e. The van der Waals surface area contributed by atoms with Crippen molar-refractivity contribution in [1.29, 1.82) is 0 Å². The summed E-state index contributed by atoms with van der Waals surface area (Å²) in [4.78, 5) is 26.3. The molecule has 2 saturated heterocycles. The summed E-state index contributed by atoms with van der Waals surface area (Å²) in [5, 5.41) is 4.89. The molecule has 118 valence electrons. The normalized spacial score (nSPS) is 28.6. The van der Waals surface area contributed by atoms with Crippen molar-refractivity contribution >= 4 is 11.9 Å². The van der Waals surface area contributed by atoms with Crippen molar-refractivity contribution in [2.75, 3.05) is 13.1 Å². The third-order valence-corrected chi connectivity index (χ3v) is 4.45. The van der Waals surface area contributed by atoms with Gasteiger partial charge in [-0.25, -0.2) is 15.2 Å². The Morgan fingerprint density at radius 3 is 2.59 bits per heavy atom. The second kappa shape index (κ2) is 6.06. The van der Waals surface area contributed by atoms with Crippen LogP contribution in [0.3, 0.4) is 0 Å². The molecule has 0 radical (unpaired) electrons. The van der Waals surface area contributed by atoms with Crippen LogP contribution in [0.4, 0.5) is 4.79 Å². The van der Waals surface area contributed by atoms with Crippen molar-refractivity contribution in [3.63, 3.8) is 0 Å². The van der Waals surface area contributed by atoms with Crippen LogP contribution in [0.15, 0.2) is 30.3 Å². The molecule has 1 aromatic rings. The van der Waals surface area contributed by atoms with Gasteiger partial charge in [0.15, 0.2) is 0 Å². The smallest absolute Gasteiger partial charge is 0.324 e. The van der Waals surface area contributed by atoms with Crippen LogP contribution in [0.1, 0.15) is 19.4 Å². The first kappa shape index (κ1) is 15.0. The quantitative estimate of drug-likeness (QED) is 0.861. The van der Waals surface area contributed by atoms with E-state index in [9.17, 15) is 9.59 Å². The summed E-state index contributed by atoms with van der Waals surface area (Å²) in [6.45, 7) is 5.12. The highest BCUT2D eigenvalue weighted by molar-refractivity contribution is 6.00. The Bertz CT molecular complexity index is 563. The minimum atomic E-state index is -0.312. The van der Waals surface area contributed by atoms with Crippen LogP contribution in [0.25, 0.3) is 0 Å². The molecule has 2 aliphatic rings. The van der Waals surface area contributed by atoms with Crippen LogP contribution in [-0.4, -0.2) is 53.1 Å². The first-order valence-electron chi connectivity index (χ1n) is 7.80. The van der Waals surface area contributed by atoms with E-state index in [-0.39, 0.29) is 30.1 Å². The topological polar surface area (TPSA) is 64.7 Å². The van der Waals surface area contributed by atoms with Gasteiger partial charge < -0.3 is 5.32 Å². The van der Waals surface area contributed by atoms with Crippen molar-refractivity contribution in [2.24, 2.45) is 0 Å². The number of urea groups is 1. The van der Waals surface area contributed by atoms with Crippen molar-refractivity contribution in [1.82, 2.24) is 20.7 Å². The zero-order valence-electron chi connectivity index (χ0n) is 13.0. The highest BCUT2D eigenvalue weighted by atomic mass is 16.2. The number of nitrogens with zero attached hydrogens (tertiary/aromatic N) is 2. The molecular formula is C16H22N4O2. The van der Waals surface area contributed by atoms with Crippen LogP contribution in [-0.2, 0) is 11.2 Å². The van der Waals surface area contributed by atoms with Gasteiger partial charge in [-0.2, -0.15) is 0 Å². The van der Waals surface area contributed by atoms with Gasteiger partial charge in [-0.1, -0.05) is 37.3 Å². The minimum absolute atomic E-state index is 0.0640. The second-order valence-corrected chi connectivity index (χ2v) is 5.85. The SMILES string of the molecule is CCN1NC(C)C2NC(=O)N(CCc3ccccc3)C(=O)C21. The summed E-state index contributed by atoms with van der Waals surface area (Å²) in [5.41, 5.74) is 4.38. The molecule has 0 aromatic heterocycles. The molecule has 3 unspecified atom stereocenters. The van der Waals surface area contributed by atoms with Gasteiger partial charge in [0.25, 0.3) is 5.91 Å². The van der Waals surface area contributed by atoms with Crippen LogP contribution >= 0.6 is 0 Å². The Morgan fingerprint density at radius 1 is 1.18 bits per heavy atom. The van der Waals surface area contributed by atoms with Crippen LogP contribution in [0.2, 0.25) is 0 Å². The van der Waals surface area contributed by atoms with Gasteiger partial charge in [0, 0.05) is 19.1 Å². The van der Waals surface area contributed by atoms with E-state index in [0.717, 1.165) is 12.1 Å². The van der Waals surface area contributed by atoms with Gasteiger partial charge in [0.05, 0.1) is 6.04 Å². The van der Waals surface area contributed by atoms with Gasteiger partial charge in [0.2, 0.25) is 0 Å². The largest absolute Gasteiger partial charge is 0.331 e. The Morgan fingerprint density at radius 2 is 1.91 bits per heavy atom. The lowest BCUT2D eigenvalue weighted by atomic mass is 10.00. The van der Waals surface area contributed by atoms with E-state index in [4.69, 9.17) is 0 Å². The summed E-state index contributed by atoms with van der Waals surface area (Å²) in [7, 11) is 0. The fraction of sp³-hybridized carbons (Fsp3) is 0.500. The molecule has 0 bridgehead atoms. The molecule has 0 aliphatic carbocycles. The van der Waals surface area contributed by atoms with E-state index < -0.39 is 0 Å². The molecule has 2 N–H and O–H groups in total. The Kier molecular flexibility index (Phi) is 4.13. The zero-order chi connectivity index (χ0) is 15.7. The molecule has 3 amide bonds. The molecule has 3 atom stereocenters. The van der Waals surface area contributed by atoms with E-state index in [0.29, 0.717) is 13.0 Å². The maximum atomic E-state index is 12.7. The van der Waals surface area contributed by atoms with Gasteiger partial charge in [-0.3, -0.25) is 9.69 Å². The van der Waals surface area contributed by atoms with Gasteiger partial charge in [-0.05, 0) is 18.9 Å². The maximum absolute atomic E-state index is 12.7. The average Bonchev–Trinajstić information content (AvgIpc) is 2.84. The number of likely N-dealkylation sites (N-methyl/N-ethyl adjacent to an activating group) is 1. The summed E-state index contributed by atoms with van der Waals surface area (Å²) < 4.78 is 0. The lowest BCUT2D eigenvalue weighted by Crippen LogP contribution is -2.65. The number of carbonyl (C=O) groups is 2. The standard InChI is InChI=1S/C16H22N4O2/c1-3-20-14-13(11(2)18-20)17-16(22)19(15(14)21)10-9-12-7-5-4-6-8-12/h4-8,11,13-14,18H,3,9-10H2,1-2H3,(H,17,22). The fourth-order valence-corrected chi connectivity index (χ4v) is 3.25. The molecule has 1 aromatic carbocycles. The van der Waals surface area contributed by atoms with Crippen LogP contribution in [0.5, 0.6) is 0 Å². The number of fused-ring (bicyclic) bond motifs is 1. The number of hydrogen-bond acceptors (Lipinski definition) is 4. The number of rotatable bonds is 4. The maximum Gasteiger partial charge on any atom is 0.324 e. The Hall–Kier alpha value is -1.92. The first-order chi connectivity index (χ1) is 10.6. The van der Waals surface area contributed by atoms with E-state index in [1.54, 1.807) is 0 Å². The predicted molar refractivity (Wildman–Crippen MR) is 82.9 cm³/mol. The number of imide groups is 1. The van der Waals surface area contributed by atoms with Crippen molar-refractivity contribution < 1.29 is 9.59 Å². The molecule has 0 spiro atoms. The van der Waals surface area contributed by atoms with Crippen LogP contribution in [0, 0.1) is 0 Å². The number of nitrogens with one attached hydrogen (secondary N) is 2. The number of amides is 3. The number of benzene rings is 1. The van der Waals surface area contributed by atoms with Crippen molar-refractivity contribution in [3.8, 4) is 0 Å². The third-order valence-electron chi connectivity index (χ3n) is 4.45. The second-order valence-electron chi connectivity index (χ2n) is 5.85. The number of hydrogen-bond donors (Lipinski definition) is 2. The van der Waals surface area contributed by atoms with Gasteiger partial charge in [-0.15, -0.1) is 0 Å². The highest BCUT2D eigenvalue weighted by Gasteiger charge is 2.50. The molecule has 6 heteroatoms. The summed E-state index contributed by atoms with van der Waals surface area (Å²) in [6.07, 6.45) is 0.673. The summed E-state index contributed by atoms with van der Waals surface area (Å²) in [5.74, 6) is -0.108. The van der Waals surface area contributed by atoms with E-state index in [1.807, 2.05) is 49.2 Å². The molecule has 2 heterocycles. The molecule has 22 heavy (non-hydrogen) atoms. The predicted octanol–water partition coefficient (Wildman–Crippen LogP) is 0.747. The van der Waals surface area contributed by atoms with E-state index >= 15 is 0 Å². The molecule has 2 fully saturated rings. The zero-order valence-corrected chi connectivity index (χ0v) is 13.0. The molecule has 3 rings (SSSR count). The molecule has 2 aliphatic heterocycles. The van der Waals surface area contributed by atoms with E-state index in [1.165, 1.54) is 4.90 Å². The monoisotopic (exact) mass is 302 g/mol. The molecule has 6 nitrogen and oxygen atoms in total. The van der Waals surface area contributed by atoms with E-state index in [2.05, 4.69) is 10.7 Å². The molecule has 0 saturated carbocycles. The van der Waals surface area contributed by atoms with Crippen molar-refractivity contribution in [2.45, 2.75) is 38.4 Å². The third kappa shape index (κ3) is 2.60. The lowest BCUT2D eigenvalue weighted by molar-refractivity contribution is -0.135. The van der Waals surface area contributed by atoms with Crippen molar-refractivity contribution in [3.05, 3.63) is 35.9 Å². The van der Waals surface area contributed by atoms with Gasteiger partial charge in [0.1, 0.15) is 6.04 Å². The Labute approximate surface area is 130 Å².